The van der Waals surface area contributed by atoms with Gasteiger partial charge in [-0.25, -0.2) is 0 Å². The second-order valence-electron chi connectivity index (χ2n) is 3.38. The zero-order chi connectivity index (χ0) is 12.1. The topological polar surface area (TPSA) is 31.4 Å². The average Bonchev–Trinajstić information content (AvgIpc) is 2.39. The molecule has 2 rings (SSSR count). The smallest absolute Gasteiger partial charge is 0.137 e. The molecule has 0 saturated heterocycles. The number of nitrogens with zero attached hydrogens (tertiary/aromatic N) is 1. The fourth-order valence-corrected chi connectivity index (χ4v) is 1.94. The van der Waals surface area contributed by atoms with Gasteiger partial charge < -0.3 is 9.47 Å². The summed E-state index contributed by atoms with van der Waals surface area (Å²) in [6, 6.07) is 11.4. The fourth-order valence-electron chi connectivity index (χ4n) is 1.39. The molecule has 0 fully saturated rings. The molecule has 0 unspecified atom stereocenters. The van der Waals surface area contributed by atoms with Crippen LogP contribution in [0.3, 0.4) is 0 Å². The maximum Gasteiger partial charge on any atom is 0.137 e. The van der Waals surface area contributed by atoms with Gasteiger partial charge in [0.05, 0.1) is 12.8 Å². The molecule has 0 radical (unpaired) electrons. The van der Waals surface area contributed by atoms with Gasteiger partial charge in [0, 0.05) is 6.20 Å². The maximum atomic E-state index is 5.68. The van der Waals surface area contributed by atoms with Crippen LogP contribution < -0.4 is 9.47 Å². The van der Waals surface area contributed by atoms with E-state index in [1.165, 1.54) is 0 Å². The zero-order valence-corrected chi connectivity index (χ0v) is 11.0. The Morgan fingerprint density at radius 3 is 2.65 bits per heavy atom. The first-order chi connectivity index (χ1) is 8.31. The van der Waals surface area contributed by atoms with Gasteiger partial charge in [0.15, 0.2) is 0 Å². The molecule has 2 aromatic rings. The zero-order valence-electron chi connectivity index (χ0n) is 9.39. The lowest BCUT2D eigenvalue weighted by Crippen LogP contribution is -1.98. The predicted octanol–water partition coefficient (Wildman–Crippen LogP) is 3.43. The van der Waals surface area contributed by atoms with Crippen LogP contribution in [0.2, 0.25) is 0 Å². The van der Waals surface area contributed by atoms with E-state index in [0.717, 1.165) is 21.7 Å². The van der Waals surface area contributed by atoms with Gasteiger partial charge in [0.2, 0.25) is 0 Å². The summed E-state index contributed by atoms with van der Waals surface area (Å²) in [5.74, 6) is 1.50. The van der Waals surface area contributed by atoms with Crippen LogP contribution in [0.4, 0.5) is 0 Å². The number of pyridine rings is 1. The minimum atomic E-state index is 0.437. The van der Waals surface area contributed by atoms with E-state index in [1.54, 1.807) is 13.3 Å². The molecule has 0 atom stereocenters. The average molecular weight is 294 g/mol. The van der Waals surface area contributed by atoms with Crippen LogP contribution in [-0.2, 0) is 6.61 Å². The first kappa shape index (κ1) is 11.9. The van der Waals surface area contributed by atoms with Crippen molar-refractivity contribution < 1.29 is 9.47 Å². The van der Waals surface area contributed by atoms with Gasteiger partial charge in [-0.15, -0.1) is 0 Å². The molecule has 0 aliphatic rings. The van der Waals surface area contributed by atoms with Gasteiger partial charge in [-0.1, -0.05) is 12.1 Å². The number of methoxy groups -OCH3 is 1. The molecule has 4 heteroatoms. The summed E-state index contributed by atoms with van der Waals surface area (Å²) in [7, 11) is 1.63. The van der Waals surface area contributed by atoms with E-state index in [0.29, 0.717) is 6.61 Å². The van der Waals surface area contributed by atoms with Gasteiger partial charge in [-0.3, -0.25) is 4.98 Å². The Bertz CT molecular complexity index is 488. The highest BCUT2D eigenvalue weighted by atomic mass is 79.9. The van der Waals surface area contributed by atoms with Crippen LogP contribution in [0, 0.1) is 0 Å². The molecule has 0 bridgehead atoms. The van der Waals surface area contributed by atoms with Crippen molar-refractivity contribution in [2.75, 3.05) is 7.11 Å². The Balaban J connectivity index is 2.09. The Morgan fingerprint density at radius 1 is 1.12 bits per heavy atom. The number of aromatic nitrogens is 1. The number of hydrogen-bond donors (Lipinski definition) is 0. The molecule has 0 aliphatic carbocycles. The highest BCUT2D eigenvalue weighted by molar-refractivity contribution is 9.10. The van der Waals surface area contributed by atoms with Crippen molar-refractivity contribution in [2.24, 2.45) is 0 Å². The lowest BCUT2D eigenvalue weighted by Gasteiger charge is -2.10. The van der Waals surface area contributed by atoms with Crippen molar-refractivity contribution >= 4 is 15.9 Å². The van der Waals surface area contributed by atoms with Gasteiger partial charge in [0.25, 0.3) is 0 Å². The summed E-state index contributed by atoms with van der Waals surface area (Å²) < 4.78 is 11.7. The number of hydrogen-bond acceptors (Lipinski definition) is 3. The third-order valence-corrected chi connectivity index (χ3v) is 3.03. The summed E-state index contributed by atoms with van der Waals surface area (Å²) in [6.45, 7) is 0.437. The lowest BCUT2D eigenvalue weighted by atomic mass is 10.3. The van der Waals surface area contributed by atoms with E-state index in [9.17, 15) is 0 Å². The summed E-state index contributed by atoms with van der Waals surface area (Å²) in [6.07, 6.45) is 1.75. The normalized spacial score (nSPS) is 10.0. The second-order valence-corrected chi connectivity index (χ2v) is 4.18. The van der Waals surface area contributed by atoms with E-state index in [1.807, 2.05) is 36.4 Å². The third-order valence-electron chi connectivity index (χ3n) is 2.25. The lowest BCUT2D eigenvalue weighted by molar-refractivity contribution is 0.296. The van der Waals surface area contributed by atoms with Gasteiger partial charge in [-0.2, -0.15) is 0 Å². The SMILES string of the molecule is COc1cccc(OCc2ccccn2)c1Br. The van der Waals surface area contributed by atoms with Crippen molar-refractivity contribution in [1.29, 1.82) is 0 Å². The van der Waals surface area contributed by atoms with Gasteiger partial charge in [-0.05, 0) is 40.2 Å². The molecule has 0 spiro atoms. The van der Waals surface area contributed by atoms with E-state index in [4.69, 9.17) is 9.47 Å². The van der Waals surface area contributed by atoms with Crippen LogP contribution in [0.5, 0.6) is 11.5 Å². The first-order valence-electron chi connectivity index (χ1n) is 5.16. The molecule has 0 N–H and O–H groups in total. The Kier molecular flexibility index (Phi) is 3.98. The summed E-state index contributed by atoms with van der Waals surface area (Å²) in [5, 5.41) is 0. The van der Waals surface area contributed by atoms with Crippen molar-refractivity contribution in [3.63, 3.8) is 0 Å². The number of ether oxygens (including phenoxy) is 2. The summed E-state index contributed by atoms with van der Waals surface area (Å²) in [5.41, 5.74) is 0.891. The number of benzene rings is 1. The summed E-state index contributed by atoms with van der Waals surface area (Å²) >= 11 is 3.44. The Labute approximate surface area is 109 Å². The standard InChI is InChI=1S/C13H12BrNO2/c1-16-11-6-4-7-12(13(11)14)17-9-10-5-2-3-8-15-10/h2-8H,9H2,1H3. The van der Waals surface area contributed by atoms with Gasteiger partial charge in [0.1, 0.15) is 22.6 Å². The Hall–Kier alpha value is -1.55. The molecule has 17 heavy (non-hydrogen) atoms. The van der Waals surface area contributed by atoms with E-state index in [2.05, 4.69) is 20.9 Å². The predicted molar refractivity (Wildman–Crippen MR) is 69.3 cm³/mol. The van der Waals surface area contributed by atoms with E-state index in [-0.39, 0.29) is 0 Å². The molecular formula is C13H12BrNO2. The fraction of sp³-hybridized carbons (Fsp3) is 0.154. The molecule has 0 saturated carbocycles. The molecule has 0 amide bonds. The van der Waals surface area contributed by atoms with Crippen LogP contribution in [-0.4, -0.2) is 12.1 Å². The molecular weight excluding hydrogens is 282 g/mol. The number of halogens is 1. The van der Waals surface area contributed by atoms with Crippen LogP contribution in [0.1, 0.15) is 5.69 Å². The van der Waals surface area contributed by atoms with E-state index < -0.39 is 0 Å². The minimum Gasteiger partial charge on any atom is -0.495 e. The summed E-state index contributed by atoms with van der Waals surface area (Å²) in [4.78, 5) is 4.19. The van der Waals surface area contributed by atoms with E-state index >= 15 is 0 Å². The Morgan fingerprint density at radius 2 is 1.94 bits per heavy atom. The monoisotopic (exact) mass is 293 g/mol. The highest BCUT2D eigenvalue weighted by Crippen LogP contribution is 2.34. The minimum absolute atomic E-state index is 0.437. The van der Waals surface area contributed by atoms with Crippen molar-refractivity contribution in [1.82, 2.24) is 4.98 Å². The molecule has 88 valence electrons. The highest BCUT2D eigenvalue weighted by Gasteiger charge is 2.07. The van der Waals surface area contributed by atoms with Crippen LogP contribution in [0.15, 0.2) is 47.1 Å². The molecule has 1 aromatic heterocycles. The largest absolute Gasteiger partial charge is 0.495 e. The van der Waals surface area contributed by atoms with Crippen molar-refractivity contribution in [3.05, 3.63) is 52.8 Å². The first-order valence-corrected chi connectivity index (χ1v) is 5.96. The maximum absolute atomic E-state index is 5.68. The van der Waals surface area contributed by atoms with Crippen molar-refractivity contribution in [3.8, 4) is 11.5 Å². The molecule has 0 aliphatic heterocycles. The van der Waals surface area contributed by atoms with Crippen LogP contribution in [0.25, 0.3) is 0 Å². The number of rotatable bonds is 4. The molecule has 3 nitrogen and oxygen atoms in total. The second kappa shape index (κ2) is 5.68. The quantitative estimate of drug-likeness (QED) is 0.865. The molecule has 1 aromatic carbocycles. The third kappa shape index (κ3) is 2.97. The van der Waals surface area contributed by atoms with Crippen molar-refractivity contribution in [2.45, 2.75) is 6.61 Å². The van der Waals surface area contributed by atoms with Crippen LogP contribution >= 0.6 is 15.9 Å². The van der Waals surface area contributed by atoms with Gasteiger partial charge >= 0.3 is 0 Å². The molecule has 1 heterocycles.